The minimum absolute atomic E-state index is 0. The van der Waals surface area contributed by atoms with Crippen LogP contribution in [0.1, 0.15) is 18.0 Å². The Morgan fingerprint density at radius 2 is 2.12 bits per heavy atom. The highest BCUT2D eigenvalue weighted by Crippen LogP contribution is 2.27. The maximum absolute atomic E-state index is 10.5. The molecule has 0 aliphatic heterocycles. The number of nitrogens with zero attached hydrogens (tertiary/aromatic N) is 1. The van der Waals surface area contributed by atoms with E-state index in [0.29, 0.717) is 23.6 Å². The molecule has 1 atom stereocenters. The van der Waals surface area contributed by atoms with Gasteiger partial charge in [0, 0.05) is 23.2 Å². The van der Waals surface area contributed by atoms with Crippen molar-refractivity contribution < 1.29 is 4.92 Å². The summed E-state index contributed by atoms with van der Waals surface area (Å²) < 4.78 is 0. The third-order valence-electron chi connectivity index (χ3n) is 2.07. The van der Waals surface area contributed by atoms with Crippen molar-refractivity contribution in [1.29, 1.82) is 0 Å². The van der Waals surface area contributed by atoms with E-state index in [-0.39, 0.29) is 24.1 Å². The number of hydrogen-bond donors (Lipinski definition) is 2. The summed E-state index contributed by atoms with van der Waals surface area (Å²) in [5.41, 5.74) is 11.7. The lowest BCUT2D eigenvalue weighted by atomic mass is 10.0. The van der Waals surface area contributed by atoms with Crippen LogP contribution < -0.4 is 11.5 Å². The van der Waals surface area contributed by atoms with Gasteiger partial charge in [0.2, 0.25) is 0 Å². The van der Waals surface area contributed by atoms with Gasteiger partial charge in [0.15, 0.2) is 0 Å². The van der Waals surface area contributed by atoms with Gasteiger partial charge in [0.1, 0.15) is 0 Å². The van der Waals surface area contributed by atoms with Crippen LogP contribution in [0.5, 0.6) is 0 Å². The van der Waals surface area contributed by atoms with Crippen LogP contribution in [-0.4, -0.2) is 11.5 Å². The Balaban J connectivity index is 0.00000225. The highest BCUT2D eigenvalue weighted by Gasteiger charge is 2.14. The minimum atomic E-state index is -0.477. The molecule has 0 amide bonds. The lowest BCUT2D eigenvalue weighted by Gasteiger charge is -2.11. The SMILES string of the molecule is Cl.NCC[C@H](N)c1cc([N+](=O)[O-])ccc1Cl. The summed E-state index contributed by atoms with van der Waals surface area (Å²) >= 11 is 5.89. The molecule has 0 aliphatic carbocycles. The normalized spacial score (nSPS) is 11.7. The van der Waals surface area contributed by atoms with Crippen LogP contribution in [0.15, 0.2) is 18.2 Å². The summed E-state index contributed by atoms with van der Waals surface area (Å²) in [5.74, 6) is 0. The maximum atomic E-state index is 10.5. The first-order valence-electron chi connectivity index (χ1n) is 4.45. The predicted octanol–water partition coefficient (Wildman–Crippen LogP) is 2.02. The van der Waals surface area contributed by atoms with Crippen LogP contribution in [-0.2, 0) is 0 Å². The van der Waals surface area contributed by atoms with Crippen molar-refractivity contribution in [3.63, 3.8) is 0 Å². The van der Waals surface area contributed by atoms with E-state index in [4.69, 9.17) is 23.1 Å². The fraction of sp³-hybridized carbons (Fsp3) is 0.333. The van der Waals surface area contributed by atoms with Crippen LogP contribution in [0.25, 0.3) is 0 Å². The number of nitro groups is 1. The minimum Gasteiger partial charge on any atom is -0.330 e. The highest BCUT2D eigenvalue weighted by molar-refractivity contribution is 6.31. The molecule has 1 aromatic rings. The fourth-order valence-corrected chi connectivity index (χ4v) is 1.52. The summed E-state index contributed by atoms with van der Waals surface area (Å²) in [7, 11) is 0. The maximum Gasteiger partial charge on any atom is 0.269 e. The van der Waals surface area contributed by atoms with Gasteiger partial charge in [0.25, 0.3) is 5.69 Å². The molecule has 0 saturated carbocycles. The van der Waals surface area contributed by atoms with Crippen molar-refractivity contribution in [2.24, 2.45) is 11.5 Å². The van der Waals surface area contributed by atoms with Crippen molar-refractivity contribution in [3.8, 4) is 0 Å². The van der Waals surface area contributed by atoms with E-state index >= 15 is 0 Å². The lowest BCUT2D eigenvalue weighted by Crippen LogP contribution is -2.15. The zero-order valence-corrected chi connectivity index (χ0v) is 10.0. The molecule has 0 unspecified atom stereocenters. The van der Waals surface area contributed by atoms with Gasteiger partial charge in [0.05, 0.1) is 4.92 Å². The highest BCUT2D eigenvalue weighted by atomic mass is 35.5. The molecule has 0 heterocycles. The second-order valence-electron chi connectivity index (χ2n) is 3.15. The quantitative estimate of drug-likeness (QED) is 0.643. The van der Waals surface area contributed by atoms with Crippen LogP contribution in [0.3, 0.4) is 0 Å². The van der Waals surface area contributed by atoms with Gasteiger partial charge in [-0.05, 0) is 24.6 Å². The molecular weight excluding hydrogens is 253 g/mol. The zero-order chi connectivity index (χ0) is 11.4. The molecule has 4 N–H and O–H groups in total. The summed E-state index contributed by atoms with van der Waals surface area (Å²) in [6, 6.07) is 3.86. The van der Waals surface area contributed by atoms with Gasteiger partial charge < -0.3 is 11.5 Å². The molecule has 0 spiro atoms. The first-order chi connectivity index (χ1) is 7.06. The van der Waals surface area contributed by atoms with Crippen LogP contribution >= 0.6 is 24.0 Å². The van der Waals surface area contributed by atoms with E-state index in [2.05, 4.69) is 0 Å². The topological polar surface area (TPSA) is 95.2 Å². The zero-order valence-electron chi connectivity index (χ0n) is 8.43. The average molecular weight is 266 g/mol. The average Bonchev–Trinajstić information content (AvgIpc) is 2.18. The van der Waals surface area contributed by atoms with Crippen molar-refractivity contribution in [3.05, 3.63) is 38.9 Å². The molecule has 0 radical (unpaired) electrons. The van der Waals surface area contributed by atoms with Gasteiger partial charge >= 0.3 is 0 Å². The first kappa shape index (κ1) is 15.1. The van der Waals surface area contributed by atoms with E-state index in [1.807, 2.05) is 0 Å². The summed E-state index contributed by atoms with van der Waals surface area (Å²) in [6.07, 6.45) is 0.543. The predicted molar refractivity (Wildman–Crippen MR) is 66.0 cm³/mol. The third-order valence-corrected chi connectivity index (χ3v) is 2.41. The molecule has 0 bridgehead atoms. The van der Waals surface area contributed by atoms with Crippen molar-refractivity contribution in [2.45, 2.75) is 12.5 Å². The van der Waals surface area contributed by atoms with Gasteiger partial charge in [-0.3, -0.25) is 10.1 Å². The molecule has 0 aromatic heterocycles. The molecule has 1 aromatic carbocycles. The number of non-ortho nitro benzene ring substituents is 1. The number of nitro benzene ring substituents is 1. The van der Waals surface area contributed by atoms with E-state index in [0.717, 1.165) is 0 Å². The van der Waals surface area contributed by atoms with E-state index < -0.39 is 4.92 Å². The molecule has 0 aliphatic rings. The summed E-state index contributed by atoms with van der Waals surface area (Å²) in [4.78, 5) is 10.1. The molecule has 90 valence electrons. The molecule has 0 saturated heterocycles. The summed E-state index contributed by atoms with van der Waals surface area (Å²) in [5, 5.41) is 11.0. The Hall–Kier alpha value is -0.880. The van der Waals surface area contributed by atoms with Gasteiger partial charge in [-0.25, -0.2) is 0 Å². The van der Waals surface area contributed by atoms with Crippen LogP contribution in [0.2, 0.25) is 5.02 Å². The second-order valence-corrected chi connectivity index (χ2v) is 3.55. The van der Waals surface area contributed by atoms with E-state index in [9.17, 15) is 10.1 Å². The third kappa shape index (κ3) is 3.61. The van der Waals surface area contributed by atoms with Gasteiger partial charge in [-0.1, -0.05) is 11.6 Å². The Morgan fingerprint density at radius 3 is 2.62 bits per heavy atom. The standard InChI is InChI=1S/C9H12ClN3O2.ClH/c10-8-2-1-6(13(14)15)5-7(8)9(12)3-4-11;/h1-2,5,9H,3-4,11-12H2;1H/t9-;/m0./s1. The number of halogens is 2. The van der Waals surface area contributed by atoms with Crippen molar-refractivity contribution in [2.75, 3.05) is 6.54 Å². The molecule has 7 heteroatoms. The van der Waals surface area contributed by atoms with Crippen LogP contribution in [0.4, 0.5) is 5.69 Å². The second kappa shape index (κ2) is 6.65. The Bertz CT molecular complexity index is 374. The number of benzene rings is 1. The number of rotatable bonds is 4. The summed E-state index contributed by atoms with van der Waals surface area (Å²) in [6.45, 7) is 0.417. The van der Waals surface area contributed by atoms with Crippen molar-refractivity contribution >= 4 is 29.7 Å². The largest absolute Gasteiger partial charge is 0.330 e. The molecule has 1 rings (SSSR count). The Kier molecular flexibility index (Phi) is 6.28. The smallest absolute Gasteiger partial charge is 0.269 e. The molecule has 16 heavy (non-hydrogen) atoms. The van der Waals surface area contributed by atoms with Crippen molar-refractivity contribution in [1.82, 2.24) is 0 Å². The van der Waals surface area contributed by atoms with Gasteiger partial charge in [-0.15, -0.1) is 12.4 Å². The molecule has 0 fully saturated rings. The molecule has 5 nitrogen and oxygen atoms in total. The fourth-order valence-electron chi connectivity index (χ4n) is 1.26. The van der Waals surface area contributed by atoms with E-state index in [1.54, 1.807) is 0 Å². The molecular formula is C9H13Cl2N3O2. The Labute approximate surface area is 104 Å². The Morgan fingerprint density at radius 1 is 1.50 bits per heavy atom. The monoisotopic (exact) mass is 265 g/mol. The van der Waals surface area contributed by atoms with E-state index in [1.165, 1.54) is 18.2 Å². The number of nitrogens with two attached hydrogens (primary N) is 2. The van der Waals surface area contributed by atoms with Gasteiger partial charge in [-0.2, -0.15) is 0 Å². The number of hydrogen-bond acceptors (Lipinski definition) is 4. The lowest BCUT2D eigenvalue weighted by molar-refractivity contribution is -0.384. The first-order valence-corrected chi connectivity index (χ1v) is 4.83. The van der Waals surface area contributed by atoms with Crippen LogP contribution in [0, 0.1) is 10.1 Å².